The second kappa shape index (κ2) is 15.1. The summed E-state index contributed by atoms with van der Waals surface area (Å²) >= 11 is 0. The summed E-state index contributed by atoms with van der Waals surface area (Å²) in [5, 5.41) is 0. The SMILES string of the molecule is Cc1ccc(OCCCCCCOC2CCC(C3CCC(OC(=O)C4CCC(C)CC4)CC3)CC2)cc1. The molecule has 1 aromatic rings. The summed E-state index contributed by atoms with van der Waals surface area (Å²) in [6.45, 7) is 6.11. The maximum Gasteiger partial charge on any atom is 0.309 e. The highest BCUT2D eigenvalue weighted by Gasteiger charge is 2.33. The molecular weight excluding hydrogens is 460 g/mol. The lowest BCUT2D eigenvalue weighted by atomic mass is 9.72. The van der Waals surface area contributed by atoms with Crippen LogP contribution in [-0.2, 0) is 14.3 Å². The second-order valence-electron chi connectivity index (χ2n) is 12.4. The Bertz CT molecular complexity index is 766. The summed E-state index contributed by atoms with van der Waals surface area (Å²) in [6.07, 6.45) is 19.5. The number of rotatable bonds is 12. The van der Waals surface area contributed by atoms with Gasteiger partial charge in [0.1, 0.15) is 11.9 Å². The standard InChI is InChI=1S/C33H52O4/c1-25-7-11-29(12-8-25)33(34)37-32-21-15-28(16-22-32)27-13-19-31(20-14-27)36-24-6-4-3-5-23-35-30-17-9-26(2)10-18-30/h9-10,17-18,25,27-29,31-32H,3-8,11-16,19-24H2,1-2H3. The molecule has 0 atom stereocenters. The van der Waals surface area contributed by atoms with Crippen LogP contribution in [0.2, 0.25) is 0 Å². The monoisotopic (exact) mass is 512 g/mol. The quantitative estimate of drug-likeness (QED) is 0.208. The molecule has 0 unspecified atom stereocenters. The number of unbranched alkanes of at least 4 members (excludes halogenated alkanes) is 3. The number of hydrogen-bond donors (Lipinski definition) is 0. The van der Waals surface area contributed by atoms with Crippen LogP contribution >= 0.6 is 0 Å². The molecule has 3 aliphatic carbocycles. The van der Waals surface area contributed by atoms with Gasteiger partial charge in [-0.2, -0.15) is 0 Å². The number of benzene rings is 1. The molecular formula is C33H52O4. The first-order valence-electron chi connectivity index (χ1n) is 15.6. The average Bonchev–Trinajstić information content (AvgIpc) is 2.92. The van der Waals surface area contributed by atoms with Crippen LogP contribution in [-0.4, -0.2) is 31.4 Å². The maximum atomic E-state index is 12.6. The fraction of sp³-hybridized carbons (Fsp3) is 0.788. The largest absolute Gasteiger partial charge is 0.494 e. The van der Waals surface area contributed by atoms with Gasteiger partial charge in [-0.3, -0.25) is 4.79 Å². The minimum Gasteiger partial charge on any atom is -0.494 e. The van der Waals surface area contributed by atoms with Crippen LogP contribution < -0.4 is 4.74 Å². The number of esters is 1. The third-order valence-electron chi connectivity index (χ3n) is 9.42. The van der Waals surface area contributed by atoms with E-state index in [4.69, 9.17) is 14.2 Å². The average molecular weight is 513 g/mol. The van der Waals surface area contributed by atoms with Gasteiger partial charge in [-0.15, -0.1) is 0 Å². The molecule has 0 N–H and O–H groups in total. The van der Waals surface area contributed by atoms with Gasteiger partial charge in [0.15, 0.2) is 0 Å². The number of hydrogen-bond acceptors (Lipinski definition) is 4. The van der Waals surface area contributed by atoms with Crippen molar-refractivity contribution in [2.75, 3.05) is 13.2 Å². The van der Waals surface area contributed by atoms with E-state index in [1.807, 2.05) is 0 Å². The van der Waals surface area contributed by atoms with Gasteiger partial charge in [0, 0.05) is 6.61 Å². The first kappa shape index (κ1) is 28.5. The van der Waals surface area contributed by atoms with Crippen LogP contribution in [0.15, 0.2) is 24.3 Å². The molecule has 0 aliphatic heterocycles. The number of ether oxygens (including phenoxy) is 3. The van der Waals surface area contributed by atoms with E-state index in [1.165, 1.54) is 69.8 Å². The molecule has 37 heavy (non-hydrogen) atoms. The van der Waals surface area contributed by atoms with Gasteiger partial charge in [0.05, 0.1) is 18.6 Å². The van der Waals surface area contributed by atoms with Crippen LogP contribution in [0.4, 0.5) is 0 Å². The van der Waals surface area contributed by atoms with Crippen molar-refractivity contribution in [3.8, 4) is 5.75 Å². The van der Waals surface area contributed by atoms with Gasteiger partial charge in [0.2, 0.25) is 0 Å². The molecule has 0 spiro atoms. The Hall–Kier alpha value is -1.55. The Morgan fingerprint density at radius 3 is 1.89 bits per heavy atom. The molecule has 3 aliphatic rings. The lowest BCUT2D eigenvalue weighted by Gasteiger charge is -2.38. The molecule has 0 heterocycles. The topological polar surface area (TPSA) is 44.8 Å². The van der Waals surface area contributed by atoms with Crippen molar-refractivity contribution >= 4 is 5.97 Å². The Balaban J connectivity index is 0.991. The molecule has 0 radical (unpaired) electrons. The second-order valence-corrected chi connectivity index (χ2v) is 12.4. The minimum atomic E-state index is 0.101. The summed E-state index contributed by atoms with van der Waals surface area (Å²) in [7, 11) is 0. The van der Waals surface area contributed by atoms with E-state index in [2.05, 4.69) is 38.1 Å². The van der Waals surface area contributed by atoms with Crippen molar-refractivity contribution in [1.29, 1.82) is 0 Å². The summed E-state index contributed by atoms with van der Waals surface area (Å²) < 4.78 is 18.0. The van der Waals surface area contributed by atoms with Gasteiger partial charge >= 0.3 is 5.97 Å². The zero-order valence-electron chi connectivity index (χ0n) is 23.6. The van der Waals surface area contributed by atoms with Gasteiger partial charge in [-0.05, 0) is 133 Å². The molecule has 4 heteroatoms. The van der Waals surface area contributed by atoms with Crippen LogP contribution in [0.1, 0.15) is 115 Å². The van der Waals surface area contributed by atoms with E-state index < -0.39 is 0 Å². The van der Waals surface area contributed by atoms with Crippen LogP contribution in [0, 0.1) is 30.6 Å². The Kier molecular flexibility index (Phi) is 11.6. The number of carbonyl (C=O) groups excluding carboxylic acids is 1. The van der Waals surface area contributed by atoms with Crippen molar-refractivity contribution in [3.63, 3.8) is 0 Å². The van der Waals surface area contributed by atoms with E-state index in [9.17, 15) is 4.79 Å². The van der Waals surface area contributed by atoms with Crippen molar-refractivity contribution in [1.82, 2.24) is 0 Å². The summed E-state index contributed by atoms with van der Waals surface area (Å²) in [5.41, 5.74) is 1.27. The maximum absolute atomic E-state index is 12.6. The lowest BCUT2D eigenvalue weighted by Crippen LogP contribution is -2.33. The summed E-state index contributed by atoms with van der Waals surface area (Å²) in [4.78, 5) is 12.6. The fourth-order valence-corrected chi connectivity index (χ4v) is 6.79. The predicted molar refractivity (Wildman–Crippen MR) is 150 cm³/mol. The van der Waals surface area contributed by atoms with E-state index >= 15 is 0 Å². The highest BCUT2D eigenvalue weighted by Crippen LogP contribution is 2.40. The van der Waals surface area contributed by atoms with Crippen LogP contribution in [0.5, 0.6) is 5.75 Å². The molecule has 0 aromatic heterocycles. The van der Waals surface area contributed by atoms with E-state index in [0.29, 0.717) is 6.10 Å². The first-order chi connectivity index (χ1) is 18.1. The number of carbonyl (C=O) groups is 1. The van der Waals surface area contributed by atoms with Gasteiger partial charge < -0.3 is 14.2 Å². The number of aryl methyl sites for hydroxylation is 1. The van der Waals surface area contributed by atoms with Gasteiger partial charge in [-0.1, -0.05) is 31.0 Å². The Labute approximate surface area is 226 Å². The molecule has 4 nitrogen and oxygen atoms in total. The third-order valence-corrected chi connectivity index (χ3v) is 9.42. The van der Waals surface area contributed by atoms with Crippen molar-refractivity contribution < 1.29 is 19.0 Å². The Morgan fingerprint density at radius 2 is 1.27 bits per heavy atom. The highest BCUT2D eigenvalue weighted by atomic mass is 16.5. The van der Waals surface area contributed by atoms with Crippen molar-refractivity contribution in [2.45, 2.75) is 129 Å². The third kappa shape index (κ3) is 9.61. The first-order valence-corrected chi connectivity index (χ1v) is 15.6. The molecule has 0 saturated heterocycles. The van der Waals surface area contributed by atoms with Gasteiger partial charge in [0.25, 0.3) is 0 Å². The minimum absolute atomic E-state index is 0.101. The Morgan fingerprint density at radius 1 is 0.703 bits per heavy atom. The highest BCUT2D eigenvalue weighted by molar-refractivity contribution is 5.72. The van der Waals surface area contributed by atoms with E-state index in [-0.39, 0.29) is 18.0 Å². The molecule has 1 aromatic carbocycles. The van der Waals surface area contributed by atoms with Crippen molar-refractivity contribution in [2.24, 2.45) is 23.7 Å². The van der Waals surface area contributed by atoms with Crippen molar-refractivity contribution in [3.05, 3.63) is 29.8 Å². The van der Waals surface area contributed by atoms with E-state index in [1.54, 1.807) is 0 Å². The normalized spacial score (nSPS) is 30.5. The van der Waals surface area contributed by atoms with Crippen LogP contribution in [0.3, 0.4) is 0 Å². The molecule has 3 saturated carbocycles. The predicted octanol–water partition coefficient (Wildman–Crippen LogP) is 8.44. The molecule has 4 rings (SSSR count). The molecule has 0 bridgehead atoms. The van der Waals surface area contributed by atoms with E-state index in [0.717, 1.165) is 75.2 Å². The fourth-order valence-electron chi connectivity index (χ4n) is 6.79. The smallest absolute Gasteiger partial charge is 0.309 e. The molecule has 208 valence electrons. The molecule has 0 amide bonds. The lowest BCUT2D eigenvalue weighted by molar-refractivity contribution is -0.157. The van der Waals surface area contributed by atoms with Crippen LogP contribution in [0.25, 0.3) is 0 Å². The summed E-state index contributed by atoms with van der Waals surface area (Å²) in [6, 6.07) is 8.31. The molecule has 3 fully saturated rings. The van der Waals surface area contributed by atoms with Gasteiger partial charge in [-0.25, -0.2) is 0 Å². The summed E-state index contributed by atoms with van der Waals surface area (Å²) in [5.74, 6) is 3.70. The zero-order chi connectivity index (χ0) is 25.9. The zero-order valence-corrected chi connectivity index (χ0v) is 23.6.